The van der Waals surface area contributed by atoms with Gasteiger partial charge in [-0.3, -0.25) is 9.89 Å². The van der Waals surface area contributed by atoms with Crippen LogP contribution in [0.5, 0.6) is 5.75 Å². The number of halogens is 1. The zero-order valence-electron chi connectivity index (χ0n) is 14.8. The molecular formula is C18H25ClN4O2. The van der Waals surface area contributed by atoms with Gasteiger partial charge in [-0.05, 0) is 36.1 Å². The Hall–Kier alpha value is -2.05. The average molecular weight is 365 g/mol. The standard InChI is InChI=1S/C18H24N4O2.ClH/c1-18(2)11-22(9-8-15(18)19)17(23)14-10-20-21-16(14)12-4-6-13(24-3)7-5-12;/h4-7,10,15H,8-9,11,19H2,1-3H3,(H,20,21);1H. The summed E-state index contributed by atoms with van der Waals surface area (Å²) in [6.45, 7) is 5.55. The minimum Gasteiger partial charge on any atom is -0.497 e. The summed E-state index contributed by atoms with van der Waals surface area (Å²) in [4.78, 5) is 14.8. The number of benzene rings is 1. The number of rotatable bonds is 3. The molecular weight excluding hydrogens is 340 g/mol. The van der Waals surface area contributed by atoms with E-state index < -0.39 is 0 Å². The number of likely N-dealkylation sites (tertiary alicyclic amines) is 1. The summed E-state index contributed by atoms with van der Waals surface area (Å²) in [6, 6.07) is 7.69. The van der Waals surface area contributed by atoms with Crippen molar-refractivity contribution in [3.63, 3.8) is 0 Å². The molecule has 7 heteroatoms. The Bertz CT molecular complexity index is 727. The zero-order chi connectivity index (χ0) is 17.3. The first-order valence-electron chi connectivity index (χ1n) is 8.15. The molecule has 1 unspecified atom stereocenters. The maximum absolute atomic E-state index is 13.0. The maximum atomic E-state index is 13.0. The van der Waals surface area contributed by atoms with E-state index in [0.717, 1.165) is 23.4 Å². The summed E-state index contributed by atoms with van der Waals surface area (Å²) < 4.78 is 5.18. The lowest BCUT2D eigenvalue weighted by molar-refractivity contribution is 0.0534. The molecule has 2 heterocycles. The summed E-state index contributed by atoms with van der Waals surface area (Å²) in [5, 5.41) is 7.03. The minimum absolute atomic E-state index is 0. The highest BCUT2D eigenvalue weighted by atomic mass is 35.5. The second kappa shape index (κ2) is 7.45. The zero-order valence-corrected chi connectivity index (χ0v) is 15.6. The van der Waals surface area contributed by atoms with Gasteiger partial charge in [0, 0.05) is 24.7 Å². The van der Waals surface area contributed by atoms with Gasteiger partial charge in [-0.1, -0.05) is 13.8 Å². The number of aromatic nitrogens is 2. The van der Waals surface area contributed by atoms with Gasteiger partial charge in [-0.25, -0.2) is 0 Å². The van der Waals surface area contributed by atoms with Crippen molar-refractivity contribution in [2.45, 2.75) is 26.3 Å². The summed E-state index contributed by atoms with van der Waals surface area (Å²) in [7, 11) is 1.63. The Morgan fingerprint density at radius 3 is 2.64 bits per heavy atom. The van der Waals surface area contributed by atoms with Crippen molar-refractivity contribution in [3.8, 4) is 17.0 Å². The first kappa shape index (κ1) is 19.3. The third kappa shape index (κ3) is 3.80. The van der Waals surface area contributed by atoms with Gasteiger partial charge in [0.1, 0.15) is 5.75 Å². The molecule has 2 aromatic rings. The molecule has 0 aliphatic carbocycles. The van der Waals surface area contributed by atoms with Gasteiger partial charge in [0.2, 0.25) is 0 Å². The third-order valence-electron chi connectivity index (χ3n) is 4.85. The number of H-pyrrole nitrogens is 1. The molecule has 3 rings (SSSR count). The van der Waals surface area contributed by atoms with Crippen molar-refractivity contribution in [2.24, 2.45) is 11.1 Å². The Morgan fingerprint density at radius 1 is 1.36 bits per heavy atom. The fraction of sp³-hybridized carbons (Fsp3) is 0.444. The van der Waals surface area contributed by atoms with E-state index in [1.54, 1.807) is 13.3 Å². The highest BCUT2D eigenvalue weighted by Gasteiger charge is 2.36. The number of carbonyl (C=O) groups excluding carboxylic acids is 1. The van der Waals surface area contributed by atoms with Crippen molar-refractivity contribution in [1.82, 2.24) is 15.1 Å². The topological polar surface area (TPSA) is 84.2 Å². The largest absolute Gasteiger partial charge is 0.497 e. The molecule has 0 saturated carbocycles. The van der Waals surface area contributed by atoms with Crippen LogP contribution in [0.25, 0.3) is 11.3 Å². The van der Waals surface area contributed by atoms with Crippen LogP contribution < -0.4 is 10.5 Å². The lowest BCUT2D eigenvalue weighted by atomic mass is 9.79. The van der Waals surface area contributed by atoms with E-state index in [-0.39, 0.29) is 29.8 Å². The number of nitrogens with two attached hydrogens (primary N) is 1. The molecule has 3 N–H and O–H groups in total. The number of nitrogens with zero attached hydrogens (tertiary/aromatic N) is 2. The van der Waals surface area contributed by atoms with Gasteiger partial charge in [0.05, 0.1) is 24.6 Å². The van der Waals surface area contributed by atoms with E-state index in [4.69, 9.17) is 10.5 Å². The van der Waals surface area contributed by atoms with E-state index in [2.05, 4.69) is 24.0 Å². The number of hydrogen-bond acceptors (Lipinski definition) is 4. The number of hydrogen-bond donors (Lipinski definition) is 2. The molecule has 1 aromatic carbocycles. The Kier molecular flexibility index (Phi) is 5.75. The van der Waals surface area contributed by atoms with Crippen LogP contribution in [0.2, 0.25) is 0 Å². The number of piperidine rings is 1. The average Bonchev–Trinajstić information content (AvgIpc) is 3.06. The predicted molar refractivity (Wildman–Crippen MR) is 100 cm³/mol. The molecule has 0 spiro atoms. The summed E-state index contributed by atoms with van der Waals surface area (Å²) >= 11 is 0. The van der Waals surface area contributed by atoms with Crippen LogP contribution in [-0.4, -0.2) is 47.2 Å². The van der Waals surface area contributed by atoms with Crippen LogP contribution in [0.1, 0.15) is 30.6 Å². The van der Waals surface area contributed by atoms with Gasteiger partial charge in [-0.15, -0.1) is 12.4 Å². The predicted octanol–water partition coefficient (Wildman–Crippen LogP) is 2.71. The van der Waals surface area contributed by atoms with Crippen molar-refractivity contribution in [1.29, 1.82) is 0 Å². The van der Waals surface area contributed by atoms with Gasteiger partial charge in [0.15, 0.2) is 0 Å². The van der Waals surface area contributed by atoms with E-state index in [1.807, 2.05) is 29.2 Å². The maximum Gasteiger partial charge on any atom is 0.257 e. The van der Waals surface area contributed by atoms with E-state index in [0.29, 0.717) is 18.7 Å². The molecule has 1 amide bonds. The summed E-state index contributed by atoms with van der Waals surface area (Å²) in [5.41, 5.74) is 8.32. The minimum atomic E-state index is -0.0854. The summed E-state index contributed by atoms with van der Waals surface area (Å²) in [5.74, 6) is 0.771. The van der Waals surface area contributed by atoms with Crippen LogP contribution in [-0.2, 0) is 0 Å². The number of ether oxygens (including phenoxy) is 1. The molecule has 1 aliphatic rings. The molecule has 1 aromatic heterocycles. The van der Waals surface area contributed by atoms with Gasteiger partial charge < -0.3 is 15.4 Å². The first-order chi connectivity index (χ1) is 11.4. The second-order valence-electron chi connectivity index (χ2n) is 7.00. The molecule has 1 atom stereocenters. The molecule has 1 aliphatic heterocycles. The van der Waals surface area contributed by atoms with Crippen LogP contribution in [0.3, 0.4) is 0 Å². The SMILES string of the molecule is COc1ccc(-c2[nH]ncc2C(=O)N2CCC(N)C(C)(C)C2)cc1.Cl. The van der Waals surface area contributed by atoms with Gasteiger partial charge in [-0.2, -0.15) is 5.10 Å². The highest BCUT2D eigenvalue weighted by molar-refractivity contribution is 5.99. The normalized spacial score (nSPS) is 19.2. The van der Waals surface area contributed by atoms with Crippen LogP contribution >= 0.6 is 12.4 Å². The third-order valence-corrected chi connectivity index (χ3v) is 4.85. The monoisotopic (exact) mass is 364 g/mol. The number of nitrogens with one attached hydrogen (secondary N) is 1. The fourth-order valence-corrected chi connectivity index (χ4v) is 3.14. The van der Waals surface area contributed by atoms with E-state index in [9.17, 15) is 4.79 Å². The number of amides is 1. The van der Waals surface area contributed by atoms with E-state index >= 15 is 0 Å². The quantitative estimate of drug-likeness (QED) is 0.877. The molecule has 6 nitrogen and oxygen atoms in total. The Morgan fingerprint density at radius 2 is 2.04 bits per heavy atom. The summed E-state index contributed by atoms with van der Waals surface area (Å²) in [6.07, 6.45) is 2.41. The van der Waals surface area contributed by atoms with Crippen molar-refractivity contribution < 1.29 is 9.53 Å². The number of carbonyl (C=O) groups is 1. The van der Waals surface area contributed by atoms with Crippen molar-refractivity contribution in [2.75, 3.05) is 20.2 Å². The molecule has 136 valence electrons. The fourth-order valence-electron chi connectivity index (χ4n) is 3.14. The van der Waals surface area contributed by atoms with Crippen molar-refractivity contribution in [3.05, 3.63) is 36.0 Å². The van der Waals surface area contributed by atoms with E-state index in [1.165, 1.54) is 0 Å². The molecule has 1 saturated heterocycles. The van der Waals surface area contributed by atoms with Crippen LogP contribution in [0.4, 0.5) is 0 Å². The molecule has 1 fully saturated rings. The molecule has 0 radical (unpaired) electrons. The van der Waals surface area contributed by atoms with Crippen LogP contribution in [0, 0.1) is 5.41 Å². The Balaban J connectivity index is 0.00000225. The number of methoxy groups -OCH3 is 1. The Labute approximate surface area is 154 Å². The van der Waals surface area contributed by atoms with Crippen LogP contribution in [0.15, 0.2) is 30.5 Å². The van der Waals surface area contributed by atoms with Crippen molar-refractivity contribution >= 4 is 18.3 Å². The smallest absolute Gasteiger partial charge is 0.257 e. The molecule has 0 bridgehead atoms. The van der Waals surface area contributed by atoms with Gasteiger partial charge >= 0.3 is 0 Å². The lowest BCUT2D eigenvalue weighted by Gasteiger charge is -2.42. The highest BCUT2D eigenvalue weighted by Crippen LogP contribution is 2.30. The van der Waals surface area contributed by atoms with Gasteiger partial charge in [0.25, 0.3) is 5.91 Å². The molecule has 25 heavy (non-hydrogen) atoms. The lowest BCUT2D eigenvalue weighted by Crippen LogP contribution is -2.54. The second-order valence-corrected chi connectivity index (χ2v) is 7.00. The number of aromatic amines is 1. The first-order valence-corrected chi connectivity index (χ1v) is 8.15.